The van der Waals surface area contributed by atoms with Crippen LogP contribution in [0.1, 0.15) is 57.4 Å². The summed E-state index contributed by atoms with van der Waals surface area (Å²) in [5, 5.41) is 0. The van der Waals surface area contributed by atoms with E-state index in [9.17, 15) is 0 Å². The fraction of sp³-hybridized carbons (Fsp3) is 0.562. The van der Waals surface area contributed by atoms with E-state index in [4.69, 9.17) is 4.42 Å². The Morgan fingerprint density at radius 2 is 1.78 bits per heavy atom. The zero-order valence-corrected chi connectivity index (χ0v) is 11.3. The molecule has 2 heteroatoms. The molecular weight excluding hydrogens is 222 g/mol. The molecular formula is C16H23NO. The van der Waals surface area contributed by atoms with Gasteiger partial charge in [0.1, 0.15) is 5.52 Å². The minimum atomic E-state index is 0.887. The summed E-state index contributed by atoms with van der Waals surface area (Å²) in [6.07, 6.45) is 12.2. The number of hydrogen-bond donors (Lipinski definition) is 0. The van der Waals surface area contributed by atoms with Crippen LogP contribution >= 0.6 is 0 Å². The van der Waals surface area contributed by atoms with Crippen LogP contribution in [-0.4, -0.2) is 4.98 Å². The van der Waals surface area contributed by atoms with Crippen LogP contribution in [0.15, 0.2) is 29.0 Å². The average molecular weight is 245 g/mol. The Bertz CT molecular complexity index is 461. The van der Waals surface area contributed by atoms with Crippen LogP contribution in [0.5, 0.6) is 0 Å². The summed E-state index contributed by atoms with van der Waals surface area (Å²) in [5.41, 5.74) is 3.25. The van der Waals surface area contributed by atoms with E-state index in [0.29, 0.717) is 0 Å². The first-order chi connectivity index (χ1) is 8.90. The van der Waals surface area contributed by atoms with E-state index in [2.05, 4.69) is 24.0 Å². The second-order valence-electron chi connectivity index (χ2n) is 5.03. The number of aromatic nitrogens is 1. The molecule has 0 unspecified atom stereocenters. The van der Waals surface area contributed by atoms with Gasteiger partial charge in [0.05, 0.1) is 0 Å². The van der Waals surface area contributed by atoms with Gasteiger partial charge in [-0.3, -0.25) is 0 Å². The van der Waals surface area contributed by atoms with E-state index in [1.54, 1.807) is 0 Å². The first-order valence-electron chi connectivity index (χ1n) is 7.22. The highest BCUT2D eigenvalue weighted by atomic mass is 16.3. The molecule has 0 saturated carbocycles. The number of rotatable bonds is 8. The molecule has 0 radical (unpaired) electrons. The molecule has 0 aliphatic rings. The maximum absolute atomic E-state index is 5.24. The number of benzene rings is 1. The van der Waals surface area contributed by atoms with Crippen LogP contribution in [-0.2, 0) is 6.42 Å². The minimum absolute atomic E-state index is 0.887. The molecule has 18 heavy (non-hydrogen) atoms. The quantitative estimate of drug-likeness (QED) is 0.603. The molecule has 0 amide bonds. The fourth-order valence-corrected chi connectivity index (χ4v) is 2.35. The molecule has 0 aliphatic heterocycles. The second kappa shape index (κ2) is 7.20. The Balaban J connectivity index is 1.67. The molecule has 98 valence electrons. The third-order valence-electron chi connectivity index (χ3n) is 3.46. The molecule has 0 saturated heterocycles. The van der Waals surface area contributed by atoms with Crippen LogP contribution in [0.2, 0.25) is 0 Å². The minimum Gasteiger partial charge on any atom is -0.443 e. The van der Waals surface area contributed by atoms with Crippen LogP contribution in [0.3, 0.4) is 0 Å². The standard InChI is InChI=1S/C16H23NO/c1-2-3-4-5-6-7-8-9-14-10-11-16-15(12-14)17-13-18-16/h10-13H,2-9H2,1H3. The Labute approximate surface area is 109 Å². The molecule has 0 N–H and O–H groups in total. The predicted molar refractivity (Wildman–Crippen MR) is 75.7 cm³/mol. The zero-order valence-electron chi connectivity index (χ0n) is 11.3. The fourth-order valence-electron chi connectivity index (χ4n) is 2.35. The lowest BCUT2D eigenvalue weighted by Crippen LogP contribution is -1.86. The highest BCUT2D eigenvalue weighted by Crippen LogP contribution is 2.16. The number of aryl methyl sites for hydroxylation is 1. The van der Waals surface area contributed by atoms with Gasteiger partial charge in [0.15, 0.2) is 12.0 Å². The van der Waals surface area contributed by atoms with Crippen molar-refractivity contribution in [2.75, 3.05) is 0 Å². The Kier molecular flexibility index (Phi) is 5.25. The van der Waals surface area contributed by atoms with Gasteiger partial charge in [0, 0.05) is 0 Å². The second-order valence-corrected chi connectivity index (χ2v) is 5.03. The number of nitrogens with zero attached hydrogens (tertiary/aromatic N) is 1. The lowest BCUT2D eigenvalue weighted by molar-refractivity contribution is 0.589. The molecule has 2 rings (SSSR count). The number of hydrogen-bond acceptors (Lipinski definition) is 2. The lowest BCUT2D eigenvalue weighted by atomic mass is 10.0. The van der Waals surface area contributed by atoms with Crippen molar-refractivity contribution in [3.05, 3.63) is 30.2 Å². The van der Waals surface area contributed by atoms with Crippen molar-refractivity contribution in [1.29, 1.82) is 0 Å². The van der Waals surface area contributed by atoms with Crippen molar-refractivity contribution in [2.45, 2.75) is 58.3 Å². The molecule has 1 heterocycles. The maximum Gasteiger partial charge on any atom is 0.181 e. The van der Waals surface area contributed by atoms with E-state index < -0.39 is 0 Å². The highest BCUT2D eigenvalue weighted by Gasteiger charge is 2.00. The van der Waals surface area contributed by atoms with E-state index in [-0.39, 0.29) is 0 Å². The van der Waals surface area contributed by atoms with Crippen LogP contribution < -0.4 is 0 Å². The van der Waals surface area contributed by atoms with Gasteiger partial charge in [-0.05, 0) is 30.5 Å². The normalized spacial score (nSPS) is 11.2. The third-order valence-corrected chi connectivity index (χ3v) is 3.46. The Morgan fingerprint density at radius 1 is 1.00 bits per heavy atom. The maximum atomic E-state index is 5.24. The summed E-state index contributed by atoms with van der Waals surface area (Å²) in [5.74, 6) is 0. The van der Waals surface area contributed by atoms with Gasteiger partial charge in [0.25, 0.3) is 0 Å². The highest BCUT2D eigenvalue weighted by molar-refractivity contribution is 5.72. The smallest absolute Gasteiger partial charge is 0.181 e. The summed E-state index contributed by atoms with van der Waals surface area (Å²) in [6, 6.07) is 6.33. The summed E-state index contributed by atoms with van der Waals surface area (Å²) in [7, 11) is 0. The summed E-state index contributed by atoms with van der Waals surface area (Å²) < 4.78 is 5.24. The largest absolute Gasteiger partial charge is 0.443 e. The Morgan fingerprint density at radius 3 is 2.61 bits per heavy atom. The van der Waals surface area contributed by atoms with E-state index in [0.717, 1.165) is 17.5 Å². The van der Waals surface area contributed by atoms with Gasteiger partial charge in [0.2, 0.25) is 0 Å². The molecule has 0 atom stereocenters. The van der Waals surface area contributed by atoms with Crippen molar-refractivity contribution in [2.24, 2.45) is 0 Å². The van der Waals surface area contributed by atoms with Crippen LogP contribution in [0, 0.1) is 0 Å². The third kappa shape index (κ3) is 3.86. The molecule has 1 aromatic carbocycles. The molecule has 0 fully saturated rings. The van der Waals surface area contributed by atoms with Gasteiger partial charge in [-0.2, -0.15) is 0 Å². The number of oxazole rings is 1. The molecule has 0 aliphatic carbocycles. The van der Waals surface area contributed by atoms with Gasteiger partial charge < -0.3 is 4.42 Å². The van der Waals surface area contributed by atoms with Crippen molar-refractivity contribution in [3.63, 3.8) is 0 Å². The van der Waals surface area contributed by atoms with Gasteiger partial charge in [-0.25, -0.2) is 4.98 Å². The van der Waals surface area contributed by atoms with Crippen LogP contribution in [0.25, 0.3) is 11.1 Å². The molecule has 0 bridgehead atoms. The van der Waals surface area contributed by atoms with Crippen LogP contribution in [0.4, 0.5) is 0 Å². The lowest BCUT2D eigenvalue weighted by Gasteiger charge is -2.02. The zero-order chi connectivity index (χ0) is 12.6. The summed E-state index contributed by atoms with van der Waals surface area (Å²) in [6.45, 7) is 2.26. The molecule has 2 aromatic rings. The first kappa shape index (κ1) is 13.1. The molecule has 1 aromatic heterocycles. The van der Waals surface area contributed by atoms with Crippen molar-refractivity contribution >= 4 is 11.1 Å². The van der Waals surface area contributed by atoms with E-state index in [1.165, 1.54) is 56.9 Å². The van der Waals surface area contributed by atoms with Crippen molar-refractivity contribution in [1.82, 2.24) is 4.98 Å². The molecule has 2 nitrogen and oxygen atoms in total. The monoisotopic (exact) mass is 245 g/mol. The topological polar surface area (TPSA) is 26.0 Å². The summed E-state index contributed by atoms with van der Waals surface area (Å²) in [4.78, 5) is 4.19. The van der Waals surface area contributed by atoms with Crippen molar-refractivity contribution in [3.8, 4) is 0 Å². The summed E-state index contributed by atoms with van der Waals surface area (Å²) >= 11 is 0. The average Bonchev–Trinajstić information content (AvgIpc) is 2.85. The van der Waals surface area contributed by atoms with Gasteiger partial charge in [-0.15, -0.1) is 0 Å². The van der Waals surface area contributed by atoms with E-state index in [1.807, 2.05) is 6.07 Å². The predicted octanol–water partition coefficient (Wildman–Crippen LogP) is 5.12. The SMILES string of the molecule is CCCCCCCCCc1ccc2ocnc2c1. The van der Waals surface area contributed by atoms with Crippen molar-refractivity contribution < 1.29 is 4.42 Å². The first-order valence-corrected chi connectivity index (χ1v) is 7.22. The number of unbranched alkanes of at least 4 members (excludes halogenated alkanes) is 6. The Hall–Kier alpha value is -1.31. The molecule has 0 spiro atoms. The number of fused-ring (bicyclic) bond motifs is 1. The van der Waals surface area contributed by atoms with E-state index >= 15 is 0 Å². The van der Waals surface area contributed by atoms with Gasteiger partial charge in [-0.1, -0.05) is 51.5 Å². The van der Waals surface area contributed by atoms with Gasteiger partial charge >= 0.3 is 0 Å².